The molecule has 1 aliphatic heterocycles. The zero-order valence-electron chi connectivity index (χ0n) is 11.9. The highest BCUT2D eigenvalue weighted by Gasteiger charge is 2.71. The number of aryl methyl sites for hydroxylation is 1. The third kappa shape index (κ3) is 1.26. The maximum absolute atomic E-state index is 12.8. The van der Waals surface area contributed by atoms with E-state index in [1.54, 1.807) is 27.8 Å². The lowest BCUT2D eigenvalue weighted by Crippen LogP contribution is -2.69. The second kappa shape index (κ2) is 3.64. The summed E-state index contributed by atoms with van der Waals surface area (Å²) in [6, 6.07) is 2.31. The van der Waals surface area contributed by atoms with E-state index in [-0.39, 0.29) is 22.7 Å². The molecule has 1 unspecified atom stereocenters. The van der Waals surface area contributed by atoms with E-state index >= 15 is 0 Å². The molecule has 0 spiro atoms. The van der Waals surface area contributed by atoms with Crippen molar-refractivity contribution in [1.82, 2.24) is 24.3 Å². The number of nitrogens with zero attached hydrogens (tertiary/aromatic N) is 6. The highest BCUT2D eigenvalue weighted by molar-refractivity contribution is 5.29. The highest BCUT2D eigenvalue weighted by Crippen LogP contribution is 2.70. The number of hydrogen-bond acceptors (Lipinski definition) is 5. The molecule has 6 rings (SSSR count). The molecule has 0 aromatic carbocycles. The maximum Gasteiger partial charge on any atom is 0.347 e. The standard InChI is InChI=1S/C15H14N6O/c16-9-14-6-15(7-14,8-14)21-13(22)20-11(1-2-12(20)19-21)10-5-17-3-4-18-10/h3-5,11H,1-2,6-8H2. The third-order valence-corrected chi connectivity index (χ3v) is 5.45. The average Bonchev–Trinajstić information content (AvgIpc) is 3.00. The average molecular weight is 294 g/mol. The van der Waals surface area contributed by atoms with Crippen molar-refractivity contribution in [2.45, 2.75) is 43.7 Å². The van der Waals surface area contributed by atoms with E-state index in [1.165, 1.54) is 0 Å². The molecule has 0 N–H and O–H groups in total. The summed E-state index contributed by atoms with van der Waals surface area (Å²) in [5, 5.41) is 13.7. The molecule has 3 aliphatic carbocycles. The van der Waals surface area contributed by atoms with Crippen LogP contribution < -0.4 is 5.69 Å². The lowest BCUT2D eigenvalue weighted by Gasteiger charge is -2.65. The third-order valence-electron chi connectivity index (χ3n) is 5.45. The van der Waals surface area contributed by atoms with Gasteiger partial charge in [-0.2, -0.15) is 10.4 Å². The van der Waals surface area contributed by atoms with Crippen LogP contribution in [-0.2, 0) is 12.0 Å². The minimum atomic E-state index is -0.197. The lowest BCUT2D eigenvalue weighted by atomic mass is 9.40. The zero-order valence-corrected chi connectivity index (χ0v) is 11.9. The number of fused-ring (bicyclic) bond motifs is 1. The highest BCUT2D eigenvalue weighted by atomic mass is 16.2. The summed E-state index contributed by atoms with van der Waals surface area (Å²) in [7, 11) is 0. The normalized spacial score (nSPS) is 34.4. The topological polar surface area (TPSA) is 89.4 Å². The molecule has 2 aromatic rings. The van der Waals surface area contributed by atoms with Gasteiger partial charge in [-0.05, 0) is 25.7 Å². The summed E-state index contributed by atoms with van der Waals surface area (Å²) in [5.41, 5.74) is 0.373. The first-order valence-electron chi connectivity index (χ1n) is 7.55. The molecule has 3 heterocycles. The Morgan fingerprint density at radius 3 is 2.82 bits per heavy atom. The Kier molecular flexibility index (Phi) is 2.00. The minimum Gasteiger partial charge on any atom is -0.270 e. The fourth-order valence-corrected chi connectivity index (χ4v) is 4.45. The molecule has 7 heteroatoms. The first kappa shape index (κ1) is 12.1. The summed E-state index contributed by atoms with van der Waals surface area (Å²) in [5.74, 6) is 0.830. The van der Waals surface area contributed by atoms with Crippen LogP contribution in [0.3, 0.4) is 0 Å². The van der Waals surface area contributed by atoms with Crippen molar-refractivity contribution >= 4 is 0 Å². The van der Waals surface area contributed by atoms with E-state index in [2.05, 4.69) is 21.1 Å². The fraction of sp³-hybridized carbons (Fsp3) is 0.533. The van der Waals surface area contributed by atoms with Gasteiger partial charge in [0.05, 0.1) is 35.0 Å². The fourth-order valence-electron chi connectivity index (χ4n) is 4.45. The smallest absolute Gasteiger partial charge is 0.270 e. The molecule has 22 heavy (non-hydrogen) atoms. The second-order valence-electron chi connectivity index (χ2n) is 6.81. The molecule has 7 nitrogen and oxygen atoms in total. The summed E-state index contributed by atoms with van der Waals surface area (Å²) < 4.78 is 3.41. The molecular weight excluding hydrogens is 280 g/mol. The number of hydrogen-bond donors (Lipinski definition) is 0. The van der Waals surface area contributed by atoms with E-state index in [1.807, 2.05) is 0 Å². The molecule has 4 aliphatic rings. The van der Waals surface area contributed by atoms with Gasteiger partial charge in [0.15, 0.2) is 0 Å². The summed E-state index contributed by atoms with van der Waals surface area (Å²) in [6.45, 7) is 0. The van der Waals surface area contributed by atoms with Gasteiger partial charge in [-0.25, -0.2) is 9.48 Å². The molecule has 110 valence electrons. The molecule has 2 aromatic heterocycles. The Hall–Kier alpha value is -2.49. The van der Waals surface area contributed by atoms with Crippen molar-refractivity contribution in [3.63, 3.8) is 0 Å². The van der Waals surface area contributed by atoms with Crippen LogP contribution in [0.25, 0.3) is 0 Å². The van der Waals surface area contributed by atoms with Crippen LogP contribution >= 0.6 is 0 Å². The molecule has 0 radical (unpaired) electrons. The van der Waals surface area contributed by atoms with Crippen LogP contribution in [0.15, 0.2) is 23.4 Å². The van der Waals surface area contributed by atoms with Gasteiger partial charge in [0.2, 0.25) is 0 Å². The number of nitriles is 1. The van der Waals surface area contributed by atoms with Crippen molar-refractivity contribution in [3.8, 4) is 6.07 Å². The van der Waals surface area contributed by atoms with Gasteiger partial charge in [0.25, 0.3) is 0 Å². The van der Waals surface area contributed by atoms with E-state index < -0.39 is 0 Å². The predicted octanol–water partition coefficient (Wildman–Crippen LogP) is 0.773. The Morgan fingerprint density at radius 2 is 2.14 bits per heavy atom. The van der Waals surface area contributed by atoms with Gasteiger partial charge >= 0.3 is 5.69 Å². The largest absolute Gasteiger partial charge is 0.347 e. The van der Waals surface area contributed by atoms with Gasteiger partial charge in [-0.3, -0.25) is 14.5 Å². The Balaban J connectivity index is 1.56. The van der Waals surface area contributed by atoms with E-state index in [9.17, 15) is 4.79 Å². The molecule has 3 fully saturated rings. The van der Waals surface area contributed by atoms with Crippen LogP contribution in [0, 0.1) is 16.7 Å². The van der Waals surface area contributed by atoms with Gasteiger partial charge < -0.3 is 0 Å². The summed E-state index contributed by atoms with van der Waals surface area (Å²) in [4.78, 5) is 21.3. The van der Waals surface area contributed by atoms with E-state index in [0.717, 1.165) is 43.6 Å². The SMILES string of the molecule is N#CC12CC(n3nc4n(c3=O)C(c3cnccn3)CC4)(C1)C2. The number of aromatic nitrogens is 5. The van der Waals surface area contributed by atoms with Crippen molar-refractivity contribution in [2.24, 2.45) is 5.41 Å². The molecule has 0 amide bonds. The van der Waals surface area contributed by atoms with Gasteiger partial charge in [-0.15, -0.1) is 0 Å². The molecular formula is C15H14N6O. The summed E-state index contributed by atoms with van der Waals surface area (Å²) in [6.07, 6.45) is 8.92. The van der Waals surface area contributed by atoms with Crippen LogP contribution in [-0.4, -0.2) is 24.3 Å². The Morgan fingerprint density at radius 1 is 1.32 bits per heavy atom. The van der Waals surface area contributed by atoms with Gasteiger partial charge in [0.1, 0.15) is 5.82 Å². The first-order valence-corrected chi connectivity index (χ1v) is 7.55. The van der Waals surface area contributed by atoms with Crippen LogP contribution in [0.2, 0.25) is 0 Å². The van der Waals surface area contributed by atoms with E-state index in [4.69, 9.17) is 5.26 Å². The minimum absolute atomic E-state index is 0.0607. The first-order chi connectivity index (χ1) is 10.7. The van der Waals surface area contributed by atoms with Crippen molar-refractivity contribution in [2.75, 3.05) is 0 Å². The Labute approximate surface area is 126 Å². The van der Waals surface area contributed by atoms with E-state index in [0.29, 0.717) is 0 Å². The van der Waals surface area contributed by atoms with Crippen molar-refractivity contribution in [1.29, 1.82) is 5.26 Å². The van der Waals surface area contributed by atoms with Crippen molar-refractivity contribution in [3.05, 3.63) is 40.6 Å². The zero-order chi connectivity index (χ0) is 14.9. The molecule has 0 saturated heterocycles. The lowest BCUT2D eigenvalue weighted by molar-refractivity contribution is -0.155. The van der Waals surface area contributed by atoms with Gasteiger partial charge in [0, 0.05) is 18.8 Å². The van der Waals surface area contributed by atoms with Crippen molar-refractivity contribution < 1.29 is 0 Å². The van der Waals surface area contributed by atoms with Crippen LogP contribution in [0.1, 0.15) is 43.2 Å². The quantitative estimate of drug-likeness (QED) is 0.816. The maximum atomic E-state index is 12.8. The predicted molar refractivity (Wildman–Crippen MR) is 74.9 cm³/mol. The molecule has 3 saturated carbocycles. The Bertz CT molecular complexity index is 854. The second-order valence-corrected chi connectivity index (χ2v) is 6.81. The monoisotopic (exact) mass is 294 g/mol. The molecule has 2 bridgehead atoms. The van der Waals surface area contributed by atoms with Gasteiger partial charge in [-0.1, -0.05) is 0 Å². The number of rotatable bonds is 2. The summed E-state index contributed by atoms with van der Waals surface area (Å²) >= 11 is 0. The molecule has 1 atom stereocenters. The van der Waals surface area contributed by atoms with Crippen LogP contribution in [0.5, 0.6) is 0 Å². The van der Waals surface area contributed by atoms with Crippen LogP contribution in [0.4, 0.5) is 0 Å².